The number of carbonyl (C=O) groups excluding carboxylic acids is 3. The van der Waals surface area contributed by atoms with Gasteiger partial charge in [-0.05, 0) is 55.0 Å². The maximum atomic E-state index is 13.9. The lowest BCUT2D eigenvalue weighted by Gasteiger charge is -2.30. The van der Waals surface area contributed by atoms with Crippen LogP contribution in [0.5, 0.6) is 0 Å². The number of aromatic nitrogens is 1. The van der Waals surface area contributed by atoms with Crippen LogP contribution in [0, 0.1) is 12.8 Å². The molecule has 4 aromatic rings. The minimum atomic E-state index is -4.66. The highest BCUT2D eigenvalue weighted by Gasteiger charge is 2.57. The Morgan fingerprint density at radius 3 is 2.35 bits per heavy atom. The number of rotatable bonds is 5. The molecule has 1 aromatic heterocycles. The van der Waals surface area contributed by atoms with E-state index in [-0.39, 0.29) is 12.2 Å². The van der Waals surface area contributed by atoms with Gasteiger partial charge in [0, 0.05) is 21.0 Å². The molecule has 2 aliphatic heterocycles. The van der Waals surface area contributed by atoms with Crippen LogP contribution in [-0.2, 0) is 27.1 Å². The Hall–Kier alpha value is -3.68. The van der Waals surface area contributed by atoms with Crippen molar-refractivity contribution in [3.8, 4) is 0 Å². The van der Waals surface area contributed by atoms with E-state index in [1.165, 1.54) is 10.6 Å². The third-order valence-corrected chi connectivity index (χ3v) is 10.5. The molecule has 0 saturated carbocycles. The van der Waals surface area contributed by atoms with Crippen LogP contribution in [0.1, 0.15) is 27.5 Å². The Morgan fingerprint density at radius 2 is 1.67 bits per heavy atom. The Bertz CT molecular complexity index is 1820. The highest BCUT2D eigenvalue weighted by atomic mass is 79.9. The predicted octanol–water partition coefficient (Wildman–Crippen LogP) is 6.43. The van der Waals surface area contributed by atoms with E-state index < -0.39 is 51.4 Å². The van der Waals surface area contributed by atoms with Gasteiger partial charge in [0.15, 0.2) is 0 Å². The number of anilines is 2. The number of imide groups is 1. The van der Waals surface area contributed by atoms with E-state index in [0.29, 0.717) is 21.2 Å². The predicted molar refractivity (Wildman–Crippen MR) is 161 cm³/mol. The Balaban J connectivity index is 1.40. The summed E-state index contributed by atoms with van der Waals surface area (Å²) in [6.07, 6.45) is -4.66. The second-order valence-corrected chi connectivity index (χ2v) is 13.2. The second kappa shape index (κ2) is 11.1. The molecule has 0 bridgehead atoms. The summed E-state index contributed by atoms with van der Waals surface area (Å²) in [5.74, 6) is -3.49. The molecule has 6 rings (SSSR count). The molecular weight excluding hydrogens is 667 g/mol. The second-order valence-electron chi connectivity index (χ2n) is 10.2. The zero-order valence-corrected chi connectivity index (χ0v) is 25.4. The zero-order chi connectivity index (χ0) is 30.6. The van der Waals surface area contributed by atoms with Gasteiger partial charge >= 0.3 is 11.0 Å². The number of aryl methyl sites for hydroxylation is 1. The lowest BCUT2D eigenvalue weighted by molar-refractivity contribution is -0.137. The van der Waals surface area contributed by atoms with E-state index in [1.54, 1.807) is 36.4 Å². The van der Waals surface area contributed by atoms with Gasteiger partial charge in [-0.1, -0.05) is 74.9 Å². The quantitative estimate of drug-likeness (QED) is 0.244. The van der Waals surface area contributed by atoms with Crippen molar-refractivity contribution < 1.29 is 27.6 Å². The number of fused-ring (bicyclic) bond motifs is 2. The fraction of sp³-hybridized carbons (Fsp3) is 0.200. The molecule has 1 fully saturated rings. The van der Waals surface area contributed by atoms with Crippen LogP contribution < -0.4 is 15.1 Å². The molecule has 43 heavy (non-hydrogen) atoms. The largest absolute Gasteiger partial charge is 0.416 e. The van der Waals surface area contributed by atoms with Crippen LogP contribution in [0.3, 0.4) is 0 Å². The lowest BCUT2D eigenvalue weighted by atomic mass is 9.83. The maximum Gasteiger partial charge on any atom is 0.416 e. The minimum absolute atomic E-state index is 0.174. The van der Waals surface area contributed by atoms with Crippen LogP contribution in [0.15, 0.2) is 87.1 Å². The standard InChI is InChI=1S/C30H21BrF3N3O4S2/c1-15-5-11-19(12-6-15)35-21(38)14-36-28-25(43-29(36)41)22(16-7-9-18(31)10-8-16)23-24(42-28)27(40)37(26(23)39)20-4-2-3-17(13-20)30(32,33)34/h2-13,22-24H,14H2,1H3,(H,35,38)/t22-,23?,24?/m1/s1. The highest BCUT2D eigenvalue weighted by molar-refractivity contribution is 9.10. The fourth-order valence-electron chi connectivity index (χ4n) is 5.34. The normalized spacial score (nSPS) is 19.7. The van der Waals surface area contributed by atoms with Gasteiger partial charge in [0.05, 0.1) is 22.2 Å². The van der Waals surface area contributed by atoms with Gasteiger partial charge in [-0.25, -0.2) is 4.90 Å². The van der Waals surface area contributed by atoms with Crippen LogP contribution in [-0.4, -0.2) is 27.5 Å². The molecule has 3 amide bonds. The van der Waals surface area contributed by atoms with Crippen LogP contribution >= 0.6 is 39.0 Å². The molecule has 0 spiro atoms. The van der Waals surface area contributed by atoms with Crippen LogP contribution in [0.2, 0.25) is 0 Å². The van der Waals surface area contributed by atoms with E-state index in [0.717, 1.165) is 56.2 Å². The first-order valence-corrected chi connectivity index (χ1v) is 15.5. The van der Waals surface area contributed by atoms with Crippen molar-refractivity contribution in [3.05, 3.63) is 109 Å². The summed E-state index contributed by atoms with van der Waals surface area (Å²) in [5.41, 5.74) is 1.07. The average Bonchev–Trinajstić information content (AvgIpc) is 3.40. The van der Waals surface area contributed by atoms with Gasteiger partial charge in [-0.15, -0.1) is 0 Å². The molecule has 0 aliphatic carbocycles. The Morgan fingerprint density at radius 1 is 0.977 bits per heavy atom. The highest BCUT2D eigenvalue weighted by Crippen LogP contribution is 2.54. The number of thioether (sulfide) groups is 1. The van der Waals surface area contributed by atoms with Gasteiger partial charge in [0.2, 0.25) is 17.7 Å². The summed E-state index contributed by atoms with van der Waals surface area (Å²) in [7, 11) is 0. The summed E-state index contributed by atoms with van der Waals surface area (Å²) in [5, 5.41) is 2.13. The summed E-state index contributed by atoms with van der Waals surface area (Å²) in [4.78, 5) is 54.9. The van der Waals surface area contributed by atoms with Gasteiger partial charge in [0.25, 0.3) is 0 Å². The summed E-state index contributed by atoms with van der Waals surface area (Å²) in [6, 6.07) is 18.4. The van der Waals surface area contributed by atoms with Gasteiger partial charge in [-0.3, -0.25) is 23.7 Å². The number of nitrogens with one attached hydrogen (secondary N) is 1. The molecular formula is C30H21BrF3N3O4S2. The smallest absolute Gasteiger partial charge is 0.325 e. The lowest BCUT2D eigenvalue weighted by Crippen LogP contribution is -2.33. The summed E-state index contributed by atoms with van der Waals surface area (Å²) < 4.78 is 42.5. The van der Waals surface area contributed by atoms with Crippen molar-refractivity contribution in [2.75, 3.05) is 10.2 Å². The van der Waals surface area contributed by atoms with Crippen molar-refractivity contribution in [2.24, 2.45) is 5.92 Å². The van der Waals surface area contributed by atoms with Gasteiger partial charge in [-0.2, -0.15) is 13.2 Å². The topological polar surface area (TPSA) is 88.5 Å². The number of nitrogens with zero attached hydrogens (tertiary/aromatic N) is 2. The van der Waals surface area contributed by atoms with E-state index in [9.17, 15) is 32.3 Å². The van der Waals surface area contributed by atoms with E-state index >= 15 is 0 Å². The number of hydrogen-bond acceptors (Lipinski definition) is 6. The number of alkyl halides is 3. The molecule has 2 aliphatic rings. The number of amides is 3. The Kier molecular flexibility index (Phi) is 7.59. The minimum Gasteiger partial charge on any atom is -0.325 e. The first-order valence-electron chi connectivity index (χ1n) is 13.0. The van der Waals surface area contributed by atoms with E-state index in [4.69, 9.17) is 0 Å². The van der Waals surface area contributed by atoms with Crippen LogP contribution in [0.4, 0.5) is 24.5 Å². The maximum absolute atomic E-state index is 13.9. The van der Waals surface area contributed by atoms with Crippen molar-refractivity contribution in [2.45, 2.75) is 35.8 Å². The van der Waals surface area contributed by atoms with Gasteiger partial charge < -0.3 is 5.32 Å². The number of hydrogen-bond donors (Lipinski definition) is 1. The molecule has 7 nitrogen and oxygen atoms in total. The molecule has 1 N–H and O–H groups in total. The first kappa shape index (κ1) is 29.4. The molecule has 3 aromatic carbocycles. The first-order chi connectivity index (χ1) is 20.4. The third kappa shape index (κ3) is 5.45. The molecule has 3 atom stereocenters. The van der Waals surface area contributed by atoms with Crippen LogP contribution in [0.25, 0.3) is 0 Å². The molecule has 13 heteroatoms. The van der Waals surface area contributed by atoms with Crippen molar-refractivity contribution in [1.29, 1.82) is 0 Å². The van der Waals surface area contributed by atoms with Gasteiger partial charge in [0.1, 0.15) is 11.8 Å². The zero-order valence-electron chi connectivity index (χ0n) is 22.2. The Labute approximate surface area is 259 Å². The van der Waals surface area contributed by atoms with Crippen molar-refractivity contribution in [1.82, 2.24) is 4.57 Å². The molecule has 2 unspecified atom stereocenters. The number of thiazole rings is 1. The molecule has 1 saturated heterocycles. The summed E-state index contributed by atoms with van der Waals surface area (Å²) in [6.45, 7) is 1.59. The van der Waals surface area contributed by atoms with E-state index in [1.807, 2.05) is 19.1 Å². The number of benzene rings is 3. The van der Waals surface area contributed by atoms with Crippen molar-refractivity contribution >= 4 is 68.1 Å². The number of carbonyl (C=O) groups is 3. The summed E-state index contributed by atoms with van der Waals surface area (Å²) >= 11 is 5.28. The molecule has 0 radical (unpaired) electrons. The van der Waals surface area contributed by atoms with E-state index in [2.05, 4.69) is 21.2 Å². The number of halogens is 4. The molecule has 220 valence electrons. The third-order valence-electron chi connectivity index (χ3n) is 7.35. The average molecular weight is 689 g/mol. The molecule has 3 heterocycles. The van der Waals surface area contributed by atoms with Crippen molar-refractivity contribution in [3.63, 3.8) is 0 Å². The fourth-order valence-corrected chi connectivity index (χ4v) is 8.38. The monoisotopic (exact) mass is 687 g/mol. The SMILES string of the molecule is Cc1ccc(NC(=O)Cn2c3c(sc2=O)[C@H](c2ccc(Br)cc2)C2C(=O)N(c4cccc(C(F)(F)F)c4)C(=O)C2S3)cc1.